The molecule has 0 atom stereocenters. The molecule has 0 radical (unpaired) electrons. The van der Waals surface area contributed by atoms with E-state index in [-0.39, 0.29) is 16.1 Å². The largest absolute Gasteiger partial charge is 0.358 e. The highest BCUT2D eigenvalue weighted by Crippen LogP contribution is 2.14. The van der Waals surface area contributed by atoms with E-state index in [4.69, 9.17) is 35.4 Å². The van der Waals surface area contributed by atoms with Crippen LogP contribution in [0.4, 0.5) is 0 Å². The van der Waals surface area contributed by atoms with E-state index in [0.717, 1.165) is 13.6 Å². The highest BCUT2D eigenvalue weighted by atomic mass is 35.5. The van der Waals surface area contributed by atoms with Gasteiger partial charge >= 0.3 is 16.8 Å². The molecule has 2 aromatic carbocycles. The molecule has 3 heterocycles. The van der Waals surface area contributed by atoms with Crippen molar-refractivity contribution < 1.29 is 0 Å². The first-order valence-electron chi connectivity index (χ1n) is 8.42. The number of imidazole rings is 2. The van der Waals surface area contributed by atoms with Crippen LogP contribution in [0.15, 0.2) is 62.9 Å². The third kappa shape index (κ3) is 2.61. The molecule has 0 aliphatic rings. The van der Waals surface area contributed by atoms with E-state index in [2.05, 4.69) is 10.2 Å². The maximum Gasteiger partial charge on any atom is 0.358 e. The van der Waals surface area contributed by atoms with E-state index >= 15 is 0 Å². The summed E-state index contributed by atoms with van der Waals surface area (Å²) in [5, 5.41) is 9.13. The molecular formula is C18H8Cl2N6O3S. The van der Waals surface area contributed by atoms with E-state index in [1.54, 1.807) is 36.4 Å². The summed E-state index contributed by atoms with van der Waals surface area (Å²) >= 11 is 17.1. The predicted molar refractivity (Wildman–Crippen MR) is 113 cm³/mol. The van der Waals surface area contributed by atoms with Gasteiger partial charge in [-0.1, -0.05) is 23.2 Å². The lowest BCUT2D eigenvalue weighted by molar-refractivity contribution is 0.782. The van der Waals surface area contributed by atoms with Crippen LogP contribution in [0.3, 0.4) is 0 Å². The Hall–Kier alpha value is -3.34. The minimum atomic E-state index is -0.767. The van der Waals surface area contributed by atoms with Gasteiger partial charge in [0.05, 0.1) is 11.4 Å². The molecule has 3 aromatic heterocycles. The van der Waals surface area contributed by atoms with Gasteiger partial charge in [0, 0.05) is 10.0 Å². The average molecular weight is 459 g/mol. The fourth-order valence-corrected chi connectivity index (χ4v) is 3.67. The summed E-state index contributed by atoms with van der Waals surface area (Å²) in [6, 6.07) is 12.6. The lowest BCUT2D eigenvalue weighted by atomic mass is 10.3. The normalized spacial score (nSPS) is 11.5. The third-order valence-corrected chi connectivity index (χ3v) is 5.35. The van der Waals surface area contributed by atoms with Gasteiger partial charge in [-0.3, -0.25) is 9.59 Å². The first kappa shape index (κ1) is 18.7. The number of rotatable bonds is 2. The summed E-state index contributed by atoms with van der Waals surface area (Å²) in [7, 11) is 0. The summed E-state index contributed by atoms with van der Waals surface area (Å²) in [6.45, 7) is 0. The van der Waals surface area contributed by atoms with Gasteiger partial charge in [0.15, 0.2) is 0 Å². The molecule has 30 heavy (non-hydrogen) atoms. The first-order chi connectivity index (χ1) is 14.4. The van der Waals surface area contributed by atoms with Crippen molar-refractivity contribution >= 4 is 46.7 Å². The van der Waals surface area contributed by atoms with Gasteiger partial charge < -0.3 is 0 Å². The quantitative estimate of drug-likeness (QED) is 0.376. The van der Waals surface area contributed by atoms with Crippen molar-refractivity contribution in [3.05, 3.63) is 94.5 Å². The second kappa shape index (κ2) is 6.59. The van der Waals surface area contributed by atoms with Crippen molar-refractivity contribution in [1.29, 1.82) is 0 Å². The number of halogens is 2. The Morgan fingerprint density at radius 2 is 1.10 bits per heavy atom. The van der Waals surface area contributed by atoms with Gasteiger partial charge in [-0.05, 0) is 60.7 Å². The molecule has 0 spiro atoms. The summed E-state index contributed by atoms with van der Waals surface area (Å²) in [5.74, 6) is 0. The van der Waals surface area contributed by atoms with Crippen LogP contribution >= 0.6 is 35.4 Å². The third-order valence-electron chi connectivity index (χ3n) is 4.49. The van der Waals surface area contributed by atoms with Crippen molar-refractivity contribution in [2.45, 2.75) is 0 Å². The van der Waals surface area contributed by atoms with E-state index in [0.29, 0.717) is 21.4 Å². The zero-order valence-electron chi connectivity index (χ0n) is 14.7. The summed E-state index contributed by atoms with van der Waals surface area (Å²) in [4.78, 5) is 38.6. The SMILES string of the molecule is O=c1c2nn3c(=S)n(-c4ccc(Cl)cc4)c(=O)c3nn2c(=O)n1-c1ccc(Cl)cc1. The van der Waals surface area contributed by atoms with Gasteiger partial charge in [0.25, 0.3) is 0 Å². The number of aromatic nitrogens is 6. The Labute approximate surface area is 180 Å². The molecule has 0 fully saturated rings. The number of nitrogens with zero attached hydrogens (tertiary/aromatic N) is 6. The molecule has 12 heteroatoms. The predicted octanol–water partition coefficient (Wildman–Crippen LogP) is 2.12. The molecule has 0 unspecified atom stereocenters. The van der Waals surface area contributed by atoms with E-state index in [1.165, 1.54) is 16.7 Å². The van der Waals surface area contributed by atoms with Crippen LogP contribution < -0.4 is 16.8 Å². The van der Waals surface area contributed by atoms with Crippen LogP contribution in [0.25, 0.3) is 22.7 Å². The Kier molecular flexibility index (Phi) is 4.10. The van der Waals surface area contributed by atoms with Gasteiger partial charge in [0.1, 0.15) is 0 Å². The molecule has 0 aliphatic heterocycles. The summed E-state index contributed by atoms with van der Waals surface area (Å²) in [6.07, 6.45) is 0. The standard InChI is InChI=1S/C18H8Cl2N6O3S/c19-9-1-5-11(6-2-9)23-15(27)13-22-26-14(21-25(13)17(23)29)16(28)24(18(26)30)12-7-3-10(20)4-8-12/h1-8H. The second-order valence-corrected chi connectivity index (χ2v) is 7.51. The maximum atomic E-state index is 12.9. The van der Waals surface area contributed by atoms with Crippen molar-refractivity contribution in [2.24, 2.45) is 0 Å². The number of hydrogen-bond acceptors (Lipinski definition) is 6. The Bertz CT molecular complexity index is 1480. The molecule has 9 nitrogen and oxygen atoms in total. The fraction of sp³-hybridized carbons (Fsp3) is 0. The van der Waals surface area contributed by atoms with Gasteiger partial charge in [-0.2, -0.15) is 9.03 Å². The zero-order chi connectivity index (χ0) is 21.2. The van der Waals surface area contributed by atoms with Crippen LogP contribution in [-0.2, 0) is 0 Å². The van der Waals surface area contributed by atoms with Crippen LogP contribution in [0, 0.1) is 4.77 Å². The Balaban J connectivity index is 1.83. The molecule has 0 saturated heterocycles. The number of benzene rings is 2. The van der Waals surface area contributed by atoms with Gasteiger partial charge in [-0.15, -0.1) is 10.2 Å². The van der Waals surface area contributed by atoms with Crippen molar-refractivity contribution in [3.63, 3.8) is 0 Å². The van der Waals surface area contributed by atoms with Crippen LogP contribution in [0.2, 0.25) is 10.0 Å². The summed E-state index contributed by atoms with van der Waals surface area (Å²) in [5.41, 5.74) is -1.78. The van der Waals surface area contributed by atoms with Crippen molar-refractivity contribution in [1.82, 2.24) is 28.4 Å². The van der Waals surface area contributed by atoms with E-state index < -0.39 is 16.8 Å². The van der Waals surface area contributed by atoms with Gasteiger partial charge in [-0.25, -0.2) is 13.9 Å². The van der Waals surface area contributed by atoms with Crippen LogP contribution in [0.1, 0.15) is 0 Å². The maximum absolute atomic E-state index is 12.9. The summed E-state index contributed by atoms with van der Waals surface area (Å²) < 4.78 is 3.94. The average Bonchev–Trinajstić information content (AvgIpc) is 3.13. The smallest absolute Gasteiger partial charge is 0.264 e. The Morgan fingerprint density at radius 3 is 1.67 bits per heavy atom. The molecule has 148 valence electrons. The van der Waals surface area contributed by atoms with Crippen LogP contribution in [0.5, 0.6) is 0 Å². The Morgan fingerprint density at radius 1 is 0.667 bits per heavy atom. The lowest BCUT2D eigenvalue weighted by Crippen LogP contribution is -2.26. The molecule has 5 rings (SSSR count). The van der Waals surface area contributed by atoms with Crippen molar-refractivity contribution in [3.8, 4) is 11.4 Å². The highest BCUT2D eigenvalue weighted by Gasteiger charge is 2.21. The molecule has 0 amide bonds. The van der Waals surface area contributed by atoms with Crippen molar-refractivity contribution in [2.75, 3.05) is 0 Å². The minimum Gasteiger partial charge on any atom is -0.264 e. The highest BCUT2D eigenvalue weighted by molar-refractivity contribution is 7.71. The topological polar surface area (TPSA) is 95.7 Å². The fourth-order valence-electron chi connectivity index (χ4n) is 3.10. The second-order valence-electron chi connectivity index (χ2n) is 6.27. The van der Waals surface area contributed by atoms with E-state index in [1.807, 2.05) is 0 Å². The lowest BCUT2D eigenvalue weighted by Gasteiger charge is -1.99. The molecule has 0 bridgehead atoms. The zero-order valence-corrected chi connectivity index (χ0v) is 17.0. The molecule has 5 aromatic rings. The van der Waals surface area contributed by atoms with E-state index in [9.17, 15) is 14.4 Å². The molecule has 0 saturated carbocycles. The minimum absolute atomic E-state index is 0.00147. The molecule has 0 aliphatic carbocycles. The van der Waals surface area contributed by atoms with Crippen LogP contribution in [-0.4, -0.2) is 28.4 Å². The molecular weight excluding hydrogens is 451 g/mol. The monoisotopic (exact) mass is 458 g/mol. The number of hydrogen-bond donors (Lipinski definition) is 0. The molecule has 0 N–H and O–H groups in total. The first-order valence-corrected chi connectivity index (χ1v) is 9.58. The van der Waals surface area contributed by atoms with Gasteiger partial charge in [0.2, 0.25) is 16.1 Å². The number of fused-ring (bicyclic) bond motifs is 2.